The summed E-state index contributed by atoms with van der Waals surface area (Å²) in [5, 5.41) is 15.5. The fourth-order valence-corrected chi connectivity index (χ4v) is 4.05. The van der Waals surface area contributed by atoms with Gasteiger partial charge in [-0.3, -0.25) is 0 Å². The summed E-state index contributed by atoms with van der Waals surface area (Å²) in [6.45, 7) is 4.13. The van der Waals surface area contributed by atoms with Crippen LogP contribution in [0.2, 0.25) is 0 Å². The van der Waals surface area contributed by atoms with Gasteiger partial charge in [0, 0.05) is 26.1 Å². The zero-order valence-electron chi connectivity index (χ0n) is 17.6. The largest absolute Gasteiger partial charge is 0.493 e. The first-order chi connectivity index (χ1) is 14.2. The molecule has 2 aromatic rings. The Labute approximate surface area is 173 Å². The molecule has 0 spiro atoms. The summed E-state index contributed by atoms with van der Waals surface area (Å²) >= 11 is 0. The Balaban J connectivity index is 1.37. The van der Waals surface area contributed by atoms with Crippen LogP contribution >= 0.6 is 0 Å². The molecule has 1 aromatic carbocycles. The molecule has 0 atom stereocenters. The van der Waals surface area contributed by atoms with Crippen molar-refractivity contribution < 1.29 is 4.74 Å². The van der Waals surface area contributed by atoms with Gasteiger partial charge in [-0.15, -0.1) is 10.2 Å². The van der Waals surface area contributed by atoms with Crippen molar-refractivity contribution in [2.45, 2.75) is 64.5 Å². The lowest BCUT2D eigenvalue weighted by Gasteiger charge is -2.25. The highest BCUT2D eigenvalue weighted by molar-refractivity contribution is 5.80. The highest BCUT2D eigenvalue weighted by Crippen LogP contribution is 2.25. The molecule has 0 amide bonds. The maximum Gasteiger partial charge on any atom is 0.191 e. The van der Waals surface area contributed by atoms with Gasteiger partial charge in [0.2, 0.25) is 0 Å². The number of aryl methyl sites for hydroxylation is 1. The molecule has 0 unspecified atom stereocenters. The summed E-state index contributed by atoms with van der Waals surface area (Å²) < 4.78 is 7.60. The van der Waals surface area contributed by atoms with Gasteiger partial charge in [0.15, 0.2) is 11.8 Å². The van der Waals surface area contributed by atoms with Crippen molar-refractivity contribution in [3.63, 3.8) is 0 Å². The molecule has 7 heteroatoms. The predicted octanol–water partition coefficient (Wildman–Crippen LogP) is 2.67. The molecular weight excluding hydrogens is 364 g/mol. The Morgan fingerprint density at radius 1 is 1.24 bits per heavy atom. The molecule has 1 fully saturated rings. The zero-order valence-corrected chi connectivity index (χ0v) is 17.6. The van der Waals surface area contributed by atoms with Crippen molar-refractivity contribution in [1.29, 1.82) is 0 Å². The first-order valence-electron chi connectivity index (χ1n) is 10.8. The molecule has 156 valence electrons. The lowest BCUT2D eigenvalue weighted by atomic mass is 9.96. The number of hydrogen-bond acceptors (Lipinski definition) is 4. The maximum atomic E-state index is 5.61. The van der Waals surface area contributed by atoms with Crippen LogP contribution in [0.1, 0.15) is 54.9 Å². The van der Waals surface area contributed by atoms with Gasteiger partial charge in [-0.05, 0) is 43.4 Å². The molecule has 1 aliphatic carbocycles. The zero-order chi connectivity index (χ0) is 20.1. The van der Waals surface area contributed by atoms with E-state index in [0.29, 0.717) is 12.6 Å². The van der Waals surface area contributed by atoms with E-state index in [1.807, 2.05) is 18.5 Å². The van der Waals surface area contributed by atoms with Crippen LogP contribution in [0.25, 0.3) is 0 Å². The van der Waals surface area contributed by atoms with Crippen molar-refractivity contribution in [1.82, 2.24) is 25.4 Å². The van der Waals surface area contributed by atoms with E-state index < -0.39 is 0 Å². The fraction of sp³-hybridized carbons (Fsp3) is 0.591. The van der Waals surface area contributed by atoms with Crippen molar-refractivity contribution in [3.05, 3.63) is 41.0 Å². The number of benzene rings is 1. The van der Waals surface area contributed by atoms with Crippen LogP contribution < -0.4 is 15.4 Å². The Kier molecular flexibility index (Phi) is 6.32. The summed E-state index contributed by atoms with van der Waals surface area (Å²) in [6, 6.07) is 7.05. The number of nitrogens with one attached hydrogen (secondary N) is 2. The highest BCUT2D eigenvalue weighted by Gasteiger charge is 2.15. The van der Waals surface area contributed by atoms with Crippen molar-refractivity contribution in [2.24, 2.45) is 12.0 Å². The molecule has 2 aliphatic rings. The Bertz CT molecular complexity index is 853. The van der Waals surface area contributed by atoms with Gasteiger partial charge >= 0.3 is 0 Å². The van der Waals surface area contributed by atoms with Gasteiger partial charge in [-0.25, -0.2) is 4.99 Å². The summed E-state index contributed by atoms with van der Waals surface area (Å²) in [4.78, 5) is 4.80. The molecule has 4 rings (SSSR count). The third-order valence-electron chi connectivity index (χ3n) is 5.97. The smallest absolute Gasteiger partial charge is 0.191 e. The lowest BCUT2D eigenvalue weighted by molar-refractivity contribution is 0.357. The number of aromatic nitrogens is 3. The van der Waals surface area contributed by atoms with Crippen LogP contribution in [0.5, 0.6) is 5.75 Å². The molecule has 0 radical (unpaired) electrons. The van der Waals surface area contributed by atoms with Crippen LogP contribution in [0.3, 0.4) is 0 Å². The number of rotatable bonds is 6. The Hall–Kier alpha value is -2.57. The van der Waals surface area contributed by atoms with E-state index in [1.165, 1.54) is 43.2 Å². The van der Waals surface area contributed by atoms with Crippen LogP contribution in [0.4, 0.5) is 0 Å². The number of aliphatic imine (C=N–C) groups is 1. The van der Waals surface area contributed by atoms with Gasteiger partial charge < -0.3 is 19.9 Å². The third kappa shape index (κ3) is 5.08. The number of nitrogens with zero attached hydrogens (tertiary/aromatic N) is 4. The Morgan fingerprint density at radius 3 is 2.90 bits per heavy atom. The topological polar surface area (TPSA) is 76.4 Å². The van der Waals surface area contributed by atoms with E-state index in [1.54, 1.807) is 0 Å². The van der Waals surface area contributed by atoms with E-state index in [2.05, 4.69) is 39.0 Å². The van der Waals surface area contributed by atoms with Crippen LogP contribution in [0, 0.1) is 6.92 Å². The van der Waals surface area contributed by atoms with E-state index in [0.717, 1.165) is 49.4 Å². The minimum Gasteiger partial charge on any atom is -0.493 e. The van der Waals surface area contributed by atoms with Gasteiger partial charge in [0.1, 0.15) is 18.1 Å². The van der Waals surface area contributed by atoms with Crippen LogP contribution in [-0.4, -0.2) is 39.9 Å². The van der Waals surface area contributed by atoms with Gasteiger partial charge in [-0.1, -0.05) is 31.4 Å². The second-order valence-corrected chi connectivity index (χ2v) is 8.08. The molecule has 2 heterocycles. The first-order valence-corrected chi connectivity index (χ1v) is 10.8. The number of hydrogen-bond donors (Lipinski definition) is 2. The monoisotopic (exact) mass is 396 g/mol. The second-order valence-electron chi connectivity index (χ2n) is 8.08. The van der Waals surface area contributed by atoms with E-state index in [4.69, 9.17) is 9.73 Å². The summed E-state index contributed by atoms with van der Waals surface area (Å²) in [6.07, 6.45) is 8.35. The van der Waals surface area contributed by atoms with Crippen molar-refractivity contribution >= 4 is 5.96 Å². The summed E-state index contributed by atoms with van der Waals surface area (Å²) in [5.41, 5.74) is 2.66. The highest BCUT2D eigenvalue weighted by atomic mass is 16.5. The van der Waals surface area contributed by atoms with Crippen molar-refractivity contribution in [3.8, 4) is 5.75 Å². The SMILES string of the molecule is Cc1nnc(CN=C(NCCc2ccc3c(c2)CCO3)NC2CCCCC2)n1C. The lowest BCUT2D eigenvalue weighted by Crippen LogP contribution is -2.44. The van der Waals surface area contributed by atoms with E-state index in [9.17, 15) is 0 Å². The maximum absolute atomic E-state index is 5.61. The van der Waals surface area contributed by atoms with Crippen molar-refractivity contribution in [2.75, 3.05) is 13.2 Å². The average Bonchev–Trinajstić information content (AvgIpc) is 3.33. The first kappa shape index (κ1) is 19.7. The molecule has 0 saturated heterocycles. The summed E-state index contributed by atoms with van der Waals surface area (Å²) in [7, 11) is 1.99. The Morgan fingerprint density at radius 2 is 2.10 bits per heavy atom. The number of guanidine groups is 1. The van der Waals surface area contributed by atoms with Crippen LogP contribution in [-0.2, 0) is 26.4 Å². The molecule has 1 aliphatic heterocycles. The minimum absolute atomic E-state index is 0.508. The molecule has 0 bridgehead atoms. The molecule has 2 N–H and O–H groups in total. The number of ether oxygens (including phenoxy) is 1. The standard InChI is InChI=1S/C22H32N6O/c1-16-26-27-21(28(16)2)15-24-22(25-19-6-4-3-5-7-19)23-12-10-17-8-9-20-18(14-17)11-13-29-20/h8-9,14,19H,3-7,10-13,15H2,1-2H3,(H2,23,24,25). The normalized spacial score (nSPS) is 17.1. The number of fused-ring (bicyclic) bond motifs is 1. The van der Waals surface area contributed by atoms with Gasteiger partial charge in [-0.2, -0.15) is 0 Å². The quantitative estimate of drug-likeness (QED) is 0.580. The van der Waals surface area contributed by atoms with Crippen LogP contribution in [0.15, 0.2) is 23.2 Å². The third-order valence-corrected chi connectivity index (χ3v) is 5.97. The fourth-order valence-electron chi connectivity index (χ4n) is 4.05. The minimum atomic E-state index is 0.508. The molecule has 29 heavy (non-hydrogen) atoms. The molecular formula is C22H32N6O. The average molecular weight is 397 g/mol. The molecule has 1 aromatic heterocycles. The molecule has 1 saturated carbocycles. The second kappa shape index (κ2) is 9.29. The van der Waals surface area contributed by atoms with E-state index in [-0.39, 0.29) is 0 Å². The van der Waals surface area contributed by atoms with E-state index >= 15 is 0 Å². The van der Waals surface area contributed by atoms with Gasteiger partial charge in [0.05, 0.1) is 6.61 Å². The van der Waals surface area contributed by atoms with Gasteiger partial charge in [0.25, 0.3) is 0 Å². The molecule has 7 nitrogen and oxygen atoms in total. The summed E-state index contributed by atoms with van der Waals surface area (Å²) in [5.74, 6) is 3.71. The predicted molar refractivity (Wildman–Crippen MR) is 114 cm³/mol.